The van der Waals surface area contributed by atoms with Crippen molar-refractivity contribution in [3.63, 3.8) is 0 Å². The van der Waals surface area contributed by atoms with Crippen molar-refractivity contribution in [2.24, 2.45) is 5.92 Å². The summed E-state index contributed by atoms with van der Waals surface area (Å²) in [6.45, 7) is 0.673. The molecule has 1 aliphatic heterocycles. The van der Waals surface area contributed by atoms with Crippen molar-refractivity contribution in [1.29, 1.82) is 0 Å². The zero-order chi connectivity index (χ0) is 18.7. The third kappa shape index (κ3) is 4.19. The highest BCUT2D eigenvalue weighted by molar-refractivity contribution is 6.30. The summed E-state index contributed by atoms with van der Waals surface area (Å²) in [5.41, 5.74) is 0.461. The van der Waals surface area contributed by atoms with Crippen LogP contribution in [0.3, 0.4) is 0 Å². The molecular formula is C19H17ClF2N2O2. The van der Waals surface area contributed by atoms with Crippen LogP contribution in [-0.2, 0) is 4.79 Å². The Labute approximate surface area is 154 Å². The van der Waals surface area contributed by atoms with E-state index in [1.54, 1.807) is 24.3 Å². The van der Waals surface area contributed by atoms with E-state index in [9.17, 15) is 18.4 Å². The van der Waals surface area contributed by atoms with Crippen molar-refractivity contribution < 1.29 is 18.4 Å². The second-order valence-corrected chi connectivity index (χ2v) is 6.63. The molecule has 1 aliphatic rings. The maximum atomic E-state index is 13.8. The van der Waals surface area contributed by atoms with E-state index in [4.69, 9.17) is 11.6 Å². The highest BCUT2D eigenvalue weighted by atomic mass is 35.5. The molecule has 1 N–H and O–H groups in total. The number of piperidine rings is 1. The molecule has 1 saturated heterocycles. The lowest BCUT2D eigenvalue weighted by atomic mass is 9.95. The first-order chi connectivity index (χ1) is 12.4. The second-order valence-electron chi connectivity index (χ2n) is 6.19. The van der Waals surface area contributed by atoms with Gasteiger partial charge in [-0.05, 0) is 43.2 Å². The molecule has 7 heteroatoms. The lowest BCUT2D eigenvalue weighted by Crippen LogP contribution is -2.41. The number of carbonyl (C=O) groups excluding carboxylic acids is 2. The fourth-order valence-corrected chi connectivity index (χ4v) is 3.18. The smallest absolute Gasteiger partial charge is 0.256 e. The first kappa shape index (κ1) is 18.3. The molecule has 1 heterocycles. The fraction of sp³-hybridized carbons (Fsp3) is 0.263. The van der Waals surface area contributed by atoms with Crippen LogP contribution in [0.2, 0.25) is 5.02 Å². The van der Waals surface area contributed by atoms with Crippen LogP contribution < -0.4 is 5.32 Å². The van der Waals surface area contributed by atoms with Crippen LogP contribution in [0.1, 0.15) is 23.2 Å². The zero-order valence-electron chi connectivity index (χ0n) is 13.8. The average Bonchev–Trinajstić information content (AvgIpc) is 2.61. The molecule has 4 nitrogen and oxygen atoms in total. The molecule has 0 saturated carbocycles. The molecule has 3 rings (SSSR count). The van der Waals surface area contributed by atoms with Crippen LogP contribution in [0.15, 0.2) is 42.5 Å². The van der Waals surface area contributed by atoms with Crippen molar-refractivity contribution in [2.45, 2.75) is 12.8 Å². The number of halogens is 3. The number of anilines is 1. The first-order valence-corrected chi connectivity index (χ1v) is 8.62. The monoisotopic (exact) mass is 378 g/mol. The van der Waals surface area contributed by atoms with E-state index < -0.39 is 17.5 Å². The minimum absolute atomic E-state index is 0.132. The SMILES string of the molecule is O=C(Nc1cccc(Cl)c1)C1CCN(C(=O)c2ccc(F)cc2F)CC1. The van der Waals surface area contributed by atoms with Crippen LogP contribution in [0.4, 0.5) is 14.5 Å². The quantitative estimate of drug-likeness (QED) is 0.873. The molecule has 26 heavy (non-hydrogen) atoms. The highest BCUT2D eigenvalue weighted by Crippen LogP contribution is 2.23. The van der Waals surface area contributed by atoms with Crippen molar-refractivity contribution >= 4 is 29.1 Å². The number of likely N-dealkylation sites (tertiary alicyclic amines) is 1. The molecule has 0 bridgehead atoms. The topological polar surface area (TPSA) is 49.4 Å². The van der Waals surface area contributed by atoms with Crippen molar-refractivity contribution in [3.05, 3.63) is 64.7 Å². The number of nitrogens with one attached hydrogen (secondary N) is 1. The number of hydrogen-bond acceptors (Lipinski definition) is 2. The molecule has 0 unspecified atom stereocenters. The van der Waals surface area contributed by atoms with Gasteiger partial charge in [-0.15, -0.1) is 0 Å². The van der Waals surface area contributed by atoms with Gasteiger partial charge in [-0.3, -0.25) is 9.59 Å². The minimum atomic E-state index is -0.879. The number of rotatable bonds is 3. The Balaban J connectivity index is 1.58. The van der Waals surface area contributed by atoms with E-state index in [2.05, 4.69) is 5.32 Å². The van der Waals surface area contributed by atoms with Gasteiger partial charge in [0.2, 0.25) is 5.91 Å². The standard InChI is InChI=1S/C19H17ClF2N2O2/c20-13-2-1-3-15(10-13)23-18(25)12-6-8-24(9-7-12)19(26)16-5-4-14(21)11-17(16)22/h1-5,10-12H,6-9H2,(H,23,25). The summed E-state index contributed by atoms with van der Waals surface area (Å²) < 4.78 is 26.8. The van der Waals surface area contributed by atoms with Gasteiger partial charge in [0.25, 0.3) is 5.91 Å². The molecule has 2 aromatic rings. The number of hydrogen-bond donors (Lipinski definition) is 1. The van der Waals surface area contributed by atoms with Gasteiger partial charge in [0.1, 0.15) is 11.6 Å². The normalized spacial score (nSPS) is 15.0. The molecule has 1 fully saturated rings. The van der Waals surface area contributed by atoms with Crippen LogP contribution in [0, 0.1) is 17.6 Å². The van der Waals surface area contributed by atoms with Gasteiger partial charge in [0, 0.05) is 35.8 Å². The number of carbonyl (C=O) groups is 2. The maximum absolute atomic E-state index is 13.8. The number of nitrogens with zero attached hydrogens (tertiary/aromatic N) is 1. The summed E-state index contributed by atoms with van der Waals surface area (Å²) in [6.07, 6.45) is 0.946. The van der Waals surface area contributed by atoms with Gasteiger partial charge in [-0.2, -0.15) is 0 Å². The van der Waals surface area contributed by atoms with Crippen molar-refractivity contribution in [2.75, 3.05) is 18.4 Å². The summed E-state index contributed by atoms with van der Waals surface area (Å²) in [5.74, 6) is -2.47. The predicted molar refractivity (Wildman–Crippen MR) is 95.1 cm³/mol. The zero-order valence-corrected chi connectivity index (χ0v) is 14.6. The van der Waals surface area contributed by atoms with Gasteiger partial charge >= 0.3 is 0 Å². The summed E-state index contributed by atoms with van der Waals surface area (Å²) >= 11 is 5.90. The Bertz CT molecular complexity index is 836. The van der Waals surface area contributed by atoms with E-state index in [-0.39, 0.29) is 17.4 Å². The maximum Gasteiger partial charge on any atom is 0.256 e. The van der Waals surface area contributed by atoms with Gasteiger partial charge in [-0.1, -0.05) is 17.7 Å². The average molecular weight is 379 g/mol. The highest BCUT2D eigenvalue weighted by Gasteiger charge is 2.29. The number of benzene rings is 2. The Hall–Kier alpha value is -2.47. The van der Waals surface area contributed by atoms with Gasteiger partial charge in [0.05, 0.1) is 5.56 Å². The molecule has 0 aliphatic carbocycles. The van der Waals surface area contributed by atoms with E-state index in [1.165, 1.54) is 4.90 Å². The lowest BCUT2D eigenvalue weighted by Gasteiger charge is -2.31. The molecule has 2 aromatic carbocycles. The molecule has 0 radical (unpaired) electrons. The van der Waals surface area contributed by atoms with Gasteiger partial charge in [0.15, 0.2) is 0 Å². The molecule has 0 spiro atoms. The Kier molecular flexibility index (Phi) is 5.52. The fourth-order valence-electron chi connectivity index (χ4n) is 2.99. The van der Waals surface area contributed by atoms with E-state index in [0.717, 1.165) is 12.1 Å². The first-order valence-electron chi connectivity index (χ1n) is 8.25. The second kappa shape index (κ2) is 7.83. The van der Waals surface area contributed by atoms with E-state index >= 15 is 0 Å². The Morgan fingerprint density at radius 3 is 2.46 bits per heavy atom. The van der Waals surface area contributed by atoms with Crippen LogP contribution in [0.25, 0.3) is 0 Å². The van der Waals surface area contributed by atoms with Crippen LogP contribution in [-0.4, -0.2) is 29.8 Å². The molecular weight excluding hydrogens is 362 g/mol. The third-order valence-electron chi connectivity index (χ3n) is 4.41. The minimum Gasteiger partial charge on any atom is -0.339 e. The summed E-state index contributed by atoms with van der Waals surface area (Å²) in [7, 11) is 0. The summed E-state index contributed by atoms with van der Waals surface area (Å²) in [4.78, 5) is 26.2. The Morgan fingerprint density at radius 1 is 1.08 bits per heavy atom. The van der Waals surface area contributed by atoms with Gasteiger partial charge < -0.3 is 10.2 Å². The lowest BCUT2D eigenvalue weighted by molar-refractivity contribution is -0.121. The number of amides is 2. The Morgan fingerprint density at radius 2 is 1.81 bits per heavy atom. The largest absolute Gasteiger partial charge is 0.339 e. The summed E-state index contributed by atoms with van der Waals surface area (Å²) in [6, 6.07) is 9.77. The predicted octanol–water partition coefficient (Wildman–Crippen LogP) is 4.11. The third-order valence-corrected chi connectivity index (χ3v) is 4.64. The molecule has 136 valence electrons. The van der Waals surface area contributed by atoms with Crippen LogP contribution >= 0.6 is 11.6 Å². The molecule has 0 aromatic heterocycles. The summed E-state index contributed by atoms with van der Waals surface area (Å²) in [5, 5.41) is 3.35. The van der Waals surface area contributed by atoms with Gasteiger partial charge in [-0.25, -0.2) is 8.78 Å². The van der Waals surface area contributed by atoms with Crippen LogP contribution in [0.5, 0.6) is 0 Å². The molecule has 2 amide bonds. The van der Waals surface area contributed by atoms with E-state index in [1.807, 2.05) is 0 Å². The van der Waals surface area contributed by atoms with E-state index in [0.29, 0.717) is 42.7 Å². The molecule has 0 atom stereocenters. The van der Waals surface area contributed by atoms with Crippen molar-refractivity contribution in [3.8, 4) is 0 Å². The van der Waals surface area contributed by atoms with Crippen molar-refractivity contribution in [1.82, 2.24) is 4.90 Å².